The van der Waals surface area contributed by atoms with Crippen LogP contribution >= 0.6 is 0 Å². The Morgan fingerprint density at radius 3 is 2.31 bits per heavy atom. The average Bonchev–Trinajstić information content (AvgIpc) is 2.01. The van der Waals surface area contributed by atoms with Crippen LogP contribution in [0.4, 0.5) is 0 Å². The summed E-state index contributed by atoms with van der Waals surface area (Å²) in [5, 5.41) is 3.39. The maximum absolute atomic E-state index is 11.5. The standard InChI is InChI=1S/C9H18N2OS/c1-10-9-7-3-11(2)4-8(9)6-13(12)5-7/h7-10H,3-6H2,1-2H3. The highest BCUT2D eigenvalue weighted by Crippen LogP contribution is 2.27. The summed E-state index contributed by atoms with van der Waals surface area (Å²) in [6.07, 6.45) is 0. The van der Waals surface area contributed by atoms with Crippen molar-refractivity contribution < 1.29 is 4.21 Å². The minimum Gasteiger partial charge on any atom is -0.316 e. The Kier molecular flexibility index (Phi) is 2.72. The third kappa shape index (κ3) is 1.80. The van der Waals surface area contributed by atoms with Crippen molar-refractivity contribution in [2.45, 2.75) is 6.04 Å². The summed E-state index contributed by atoms with van der Waals surface area (Å²) in [6.45, 7) is 2.21. The van der Waals surface area contributed by atoms with E-state index in [0.29, 0.717) is 17.9 Å². The molecule has 0 aromatic rings. The van der Waals surface area contributed by atoms with Crippen LogP contribution in [0.3, 0.4) is 0 Å². The molecule has 1 N–H and O–H groups in total. The third-order valence-corrected chi connectivity index (χ3v) is 4.84. The van der Waals surface area contributed by atoms with E-state index in [4.69, 9.17) is 0 Å². The molecule has 0 radical (unpaired) electrons. The fourth-order valence-electron chi connectivity index (χ4n) is 2.82. The Morgan fingerprint density at radius 1 is 1.31 bits per heavy atom. The second kappa shape index (κ2) is 3.67. The zero-order chi connectivity index (χ0) is 9.42. The van der Waals surface area contributed by atoms with E-state index in [2.05, 4.69) is 17.3 Å². The highest BCUT2D eigenvalue weighted by molar-refractivity contribution is 7.85. The molecule has 0 spiro atoms. The van der Waals surface area contributed by atoms with Crippen LogP contribution in [0.25, 0.3) is 0 Å². The first-order valence-corrected chi connectivity index (χ1v) is 6.40. The van der Waals surface area contributed by atoms with Gasteiger partial charge in [-0.2, -0.15) is 0 Å². The summed E-state index contributed by atoms with van der Waals surface area (Å²) < 4.78 is 11.5. The van der Waals surface area contributed by atoms with Crippen LogP contribution in [0.2, 0.25) is 0 Å². The number of fused-ring (bicyclic) bond motifs is 2. The molecule has 0 aliphatic carbocycles. The molecule has 0 amide bonds. The molecule has 2 unspecified atom stereocenters. The van der Waals surface area contributed by atoms with Gasteiger partial charge in [-0.3, -0.25) is 4.21 Å². The fraction of sp³-hybridized carbons (Fsp3) is 1.00. The molecule has 3 nitrogen and oxygen atoms in total. The number of piperidine rings is 1. The van der Waals surface area contributed by atoms with E-state index in [-0.39, 0.29) is 0 Å². The summed E-state index contributed by atoms with van der Waals surface area (Å²) in [4.78, 5) is 2.37. The van der Waals surface area contributed by atoms with Crippen LogP contribution in [0, 0.1) is 11.8 Å². The zero-order valence-corrected chi connectivity index (χ0v) is 9.14. The molecular formula is C9H18N2OS. The van der Waals surface area contributed by atoms with Gasteiger partial charge in [-0.05, 0) is 25.9 Å². The van der Waals surface area contributed by atoms with Crippen molar-refractivity contribution in [3.05, 3.63) is 0 Å². The molecule has 4 heteroatoms. The van der Waals surface area contributed by atoms with Gasteiger partial charge < -0.3 is 10.2 Å². The van der Waals surface area contributed by atoms with Crippen molar-refractivity contribution in [1.29, 1.82) is 0 Å². The Labute approximate surface area is 82.3 Å². The molecule has 2 rings (SSSR count). The Morgan fingerprint density at radius 2 is 1.85 bits per heavy atom. The quantitative estimate of drug-likeness (QED) is 0.623. The molecule has 13 heavy (non-hydrogen) atoms. The lowest BCUT2D eigenvalue weighted by atomic mass is 9.85. The second-order valence-corrected chi connectivity index (χ2v) is 5.88. The van der Waals surface area contributed by atoms with Crippen LogP contribution in [0.5, 0.6) is 0 Å². The second-order valence-electron chi connectivity index (χ2n) is 4.33. The first-order chi connectivity index (χ1) is 6.20. The number of nitrogens with one attached hydrogen (secondary N) is 1. The number of likely N-dealkylation sites (tertiary alicyclic amines) is 1. The van der Waals surface area contributed by atoms with Gasteiger partial charge >= 0.3 is 0 Å². The molecule has 2 atom stereocenters. The molecule has 0 saturated carbocycles. The summed E-state index contributed by atoms with van der Waals surface area (Å²) in [5.41, 5.74) is 0. The van der Waals surface area contributed by atoms with Gasteiger partial charge in [-0.15, -0.1) is 0 Å². The number of hydrogen-bond acceptors (Lipinski definition) is 3. The molecule has 2 saturated heterocycles. The molecule has 2 aliphatic heterocycles. The molecule has 0 aromatic carbocycles. The van der Waals surface area contributed by atoms with Gasteiger partial charge in [0.25, 0.3) is 0 Å². The van der Waals surface area contributed by atoms with Gasteiger partial charge in [0.1, 0.15) is 0 Å². The highest BCUT2D eigenvalue weighted by atomic mass is 32.2. The van der Waals surface area contributed by atoms with E-state index in [1.165, 1.54) is 0 Å². The summed E-state index contributed by atoms with van der Waals surface area (Å²) in [7, 11) is 3.65. The molecule has 2 bridgehead atoms. The maximum Gasteiger partial charge on any atom is 0.0290 e. The van der Waals surface area contributed by atoms with Crippen molar-refractivity contribution >= 4 is 10.8 Å². The topological polar surface area (TPSA) is 32.3 Å². The smallest absolute Gasteiger partial charge is 0.0290 e. The van der Waals surface area contributed by atoms with Gasteiger partial charge in [-0.1, -0.05) is 0 Å². The summed E-state index contributed by atoms with van der Waals surface area (Å²) in [6, 6.07) is 0.605. The minimum absolute atomic E-state index is 0.553. The van der Waals surface area contributed by atoms with Crippen molar-refractivity contribution in [2.75, 3.05) is 38.7 Å². The normalized spacial score (nSPS) is 46.3. The average molecular weight is 202 g/mol. The molecule has 76 valence electrons. The number of hydrogen-bond donors (Lipinski definition) is 1. The largest absolute Gasteiger partial charge is 0.316 e. The van der Waals surface area contributed by atoms with Crippen molar-refractivity contribution in [3.63, 3.8) is 0 Å². The minimum atomic E-state index is -0.553. The van der Waals surface area contributed by atoms with Gasteiger partial charge in [0.2, 0.25) is 0 Å². The van der Waals surface area contributed by atoms with Crippen molar-refractivity contribution in [3.8, 4) is 0 Å². The zero-order valence-electron chi connectivity index (χ0n) is 8.32. The fourth-order valence-corrected chi connectivity index (χ4v) is 4.53. The molecular weight excluding hydrogens is 184 g/mol. The molecule has 0 aromatic heterocycles. The van der Waals surface area contributed by atoms with Gasteiger partial charge in [0, 0.05) is 41.4 Å². The SMILES string of the molecule is CNC1C2CN(C)CC1CS(=O)C2. The molecule has 2 heterocycles. The lowest BCUT2D eigenvalue weighted by molar-refractivity contribution is 0.125. The number of nitrogens with zero attached hydrogens (tertiary/aromatic N) is 1. The highest BCUT2D eigenvalue weighted by Gasteiger charge is 2.40. The predicted molar refractivity (Wildman–Crippen MR) is 55.2 cm³/mol. The number of rotatable bonds is 1. The van der Waals surface area contributed by atoms with Crippen LogP contribution in [-0.2, 0) is 10.8 Å². The van der Waals surface area contributed by atoms with Crippen LogP contribution in [-0.4, -0.2) is 53.8 Å². The predicted octanol–water partition coefficient (Wildman–Crippen LogP) is -0.485. The lowest BCUT2D eigenvalue weighted by Gasteiger charge is -2.45. The van der Waals surface area contributed by atoms with Crippen LogP contribution < -0.4 is 5.32 Å². The van der Waals surface area contributed by atoms with Crippen LogP contribution in [0.15, 0.2) is 0 Å². The Bertz CT molecular complexity index is 204. The molecule has 2 aliphatic rings. The van der Waals surface area contributed by atoms with Crippen molar-refractivity contribution in [2.24, 2.45) is 11.8 Å². The monoisotopic (exact) mass is 202 g/mol. The Balaban J connectivity index is 2.13. The van der Waals surface area contributed by atoms with Crippen LogP contribution in [0.1, 0.15) is 0 Å². The van der Waals surface area contributed by atoms with E-state index in [1.807, 2.05) is 7.05 Å². The summed E-state index contributed by atoms with van der Waals surface area (Å²) in [5.74, 6) is 2.99. The first kappa shape index (κ1) is 9.62. The van der Waals surface area contributed by atoms with E-state index in [9.17, 15) is 4.21 Å². The molecule has 2 fully saturated rings. The van der Waals surface area contributed by atoms with E-state index in [1.54, 1.807) is 0 Å². The first-order valence-electron chi connectivity index (χ1n) is 4.91. The van der Waals surface area contributed by atoms with E-state index < -0.39 is 10.8 Å². The maximum atomic E-state index is 11.5. The van der Waals surface area contributed by atoms with Gasteiger partial charge in [0.15, 0.2) is 0 Å². The van der Waals surface area contributed by atoms with Crippen molar-refractivity contribution in [1.82, 2.24) is 10.2 Å². The third-order valence-electron chi connectivity index (χ3n) is 3.24. The lowest BCUT2D eigenvalue weighted by Crippen LogP contribution is -2.59. The van der Waals surface area contributed by atoms with Gasteiger partial charge in [0.05, 0.1) is 0 Å². The van der Waals surface area contributed by atoms with Gasteiger partial charge in [-0.25, -0.2) is 0 Å². The Hall–Kier alpha value is 0.0700. The van der Waals surface area contributed by atoms with E-state index >= 15 is 0 Å². The van der Waals surface area contributed by atoms with E-state index in [0.717, 1.165) is 24.6 Å². The summed E-state index contributed by atoms with van der Waals surface area (Å²) >= 11 is 0.